The zero-order chi connectivity index (χ0) is 15.9. The van der Waals surface area contributed by atoms with E-state index in [1.165, 1.54) is 0 Å². The summed E-state index contributed by atoms with van der Waals surface area (Å²) in [6.45, 7) is 0.402. The van der Waals surface area contributed by atoms with Crippen LogP contribution >= 0.6 is 11.6 Å². The fraction of sp³-hybridized carbons (Fsp3) is 0.462. The van der Waals surface area contributed by atoms with E-state index in [1.807, 2.05) is 0 Å². The van der Waals surface area contributed by atoms with Gasteiger partial charge >= 0.3 is 11.9 Å². The third-order valence-corrected chi connectivity index (χ3v) is 4.02. The molecular weight excluding hydrogens is 321 g/mol. The van der Waals surface area contributed by atoms with Gasteiger partial charge in [-0.3, -0.25) is 9.55 Å². The van der Waals surface area contributed by atoms with Gasteiger partial charge in [0.15, 0.2) is 0 Å². The summed E-state index contributed by atoms with van der Waals surface area (Å²) in [7, 11) is 0. The maximum atomic E-state index is 12.8. The van der Waals surface area contributed by atoms with Crippen LogP contribution in [0.15, 0.2) is 17.1 Å². The Morgan fingerprint density at radius 2 is 2.09 bits per heavy atom. The number of fused-ring (bicyclic) bond motifs is 1. The van der Waals surface area contributed by atoms with Crippen LogP contribution in [0.25, 0.3) is 0 Å². The SMILES string of the molecule is O=c1n(Cc2nccc(C(F)(F)F)c2Cl)nc2n1CCCC2. The molecule has 3 rings (SSSR count). The summed E-state index contributed by atoms with van der Waals surface area (Å²) in [6, 6.07) is 0.812. The second-order valence-electron chi connectivity index (χ2n) is 5.08. The fourth-order valence-electron chi connectivity index (χ4n) is 2.51. The van der Waals surface area contributed by atoms with Crippen molar-refractivity contribution in [1.29, 1.82) is 0 Å². The molecule has 0 bridgehead atoms. The first-order chi connectivity index (χ1) is 10.4. The Balaban J connectivity index is 1.98. The van der Waals surface area contributed by atoms with Gasteiger partial charge in [-0.15, -0.1) is 0 Å². The van der Waals surface area contributed by atoms with Crippen LogP contribution in [0.1, 0.15) is 29.9 Å². The molecule has 118 valence electrons. The van der Waals surface area contributed by atoms with Crippen molar-refractivity contribution in [2.75, 3.05) is 0 Å². The van der Waals surface area contributed by atoms with Gasteiger partial charge in [0.25, 0.3) is 0 Å². The molecule has 22 heavy (non-hydrogen) atoms. The summed E-state index contributed by atoms with van der Waals surface area (Å²) in [4.78, 5) is 16.0. The van der Waals surface area contributed by atoms with Gasteiger partial charge in [0.05, 0.1) is 22.8 Å². The molecule has 0 unspecified atom stereocenters. The summed E-state index contributed by atoms with van der Waals surface area (Å²) < 4.78 is 41.2. The predicted octanol–water partition coefficient (Wildman–Crippen LogP) is 2.50. The van der Waals surface area contributed by atoms with E-state index < -0.39 is 16.8 Å². The number of alkyl halides is 3. The lowest BCUT2D eigenvalue weighted by molar-refractivity contribution is -0.137. The molecule has 0 aliphatic carbocycles. The van der Waals surface area contributed by atoms with Gasteiger partial charge in [-0.25, -0.2) is 9.48 Å². The van der Waals surface area contributed by atoms with E-state index in [1.54, 1.807) is 4.57 Å². The fourth-order valence-corrected chi connectivity index (χ4v) is 2.79. The van der Waals surface area contributed by atoms with Crippen LogP contribution in [0.3, 0.4) is 0 Å². The highest BCUT2D eigenvalue weighted by molar-refractivity contribution is 6.32. The molecule has 2 aromatic heterocycles. The lowest BCUT2D eigenvalue weighted by atomic mass is 10.2. The topological polar surface area (TPSA) is 52.7 Å². The summed E-state index contributed by atoms with van der Waals surface area (Å²) >= 11 is 5.79. The average molecular weight is 333 g/mol. The van der Waals surface area contributed by atoms with Crippen molar-refractivity contribution in [3.63, 3.8) is 0 Å². The Kier molecular flexibility index (Phi) is 3.72. The normalized spacial score (nSPS) is 14.9. The van der Waals surface area contributed by atoms with Crippen molar-refractivity contribution in [3.05, 3.63) is 44.9 Å². The van der Waals surface area contributed by atoms with Crippen LogP contribution in [0.2, 0.25) is 5.02 Å². The van der Waals surface area contributed by atoms with E-state index in [-0.39, 0.29) is 17.9 Å². The molecule has 0 atom stereocenters. The molecule has 0 spiro atoms. The number of hydrogen-bond donors (Lipinski definition) is 0. The Morgan fingerprint density at radius 3 is 2.77 bits per heavy atom. The van der Waals surface area contributed by atoms with Crippen molar-refractivity contribution in [1.82, 2.24) is 19.3 Å². The molecular formula is C13H12ClF3N4O. The van der Waals surface area contributed by atoms with E-state index in [9.17, 15) is 18.0 Å². The summed E-state index contributed by atoms with van der Waals surface area (Å²) in [5, 5.41) is 3.67. The van der Waals surface area contributed by atoms with Crippen LogP contribution in [0.4, 0.5) is 13.2 Å². The number of rotatable bonds is 2. The van der Waals surface area contributed by atoms with Crippen molar-refractivity contribution in [2.45, 2.75) is 38.5 Å². The first-order valence-corrected chi connectivity index (χ1v) is 7.13. The van der Waals surface area contributed by atoms with Gasteiger partial charge in [0.1, 0.15) is 5.82 Å². The molecule has 1 aliphatic rings. The molecule has 0 aromatic carbocycles. The largest absolute Gasteiger partial charge is 0.417 e. The van der Waals surface area contributed by atoms with Gasteiger partial charge in [0, 0.05) is 19.2 Å². The number of hydrogen-bond acceptors (Lipinski definition) is 3. The zero-order valence-corrected chi connectivity index (χ0v) is 12.2. The van der Waals surface area contributed by atoms with Gasteiger partial charge in [-0.1, -0.05) is 11.6 Å². The zero-order valence-electron chi connectivity index (χ0n) is 11.4. The molecule has 0 amide bonds. The molecule has 0 saturated carbocycles. The lowest BCUT2D eigenvalue weighted by Crippen LogP contribution is -2.27. The van der Waals surface area contributed by atoms with Gasteiger partial charge < -0.3 is 0 Å². The standard InChI is InChI=1S/C13H12ClF3N4O/c14-11-8(13(15,16)17)4-5-18-9(11)7-21-12(22)20-6-2-1-3-10(20)19-21/h4-5H,1-3,6-7H2. The Morgan fingerprint density at radius 1 is 1.32 bits per heavy atom. The van der Waals surface area contributed by atoms with E-state index in [0.29, 0.717) is 18.8 Å². The second-order valence-corrected chi connectivity index (χ2v) is 5.46. The Bertz CT molecular complexity index is 766. The minimum absolute atomic E-state index is 0.0194. The molecule has 3 heterocycles. The predicted molar refractivity (Wildman–Crippen MR) is 72.8 cm³/mol. The number of aryl methyl sites for hydroxylation is 1. The monoisotopic (exact) mass is 332 g/mol. The highest BCUT2D eigenvalue weighted by Crippen LogP contribution is 2.35. The third-order valence-electron chi connectivity index (χ3n) is 3.60. The van der Waals surface area contributed by atoms with E-state index in [4.69, 9.17) is 11.6 Å². The first kappa shape index (κ1) is 15.1. The van der Waals surface area contributed by atoms with Gasteiger partial charge in [-0.2, -0.15) is 18.3 Å². The first-order valence-electron chi connectivity index (χ1n) is 6.75. The van der Waals surface area contributed by atoms with Crippen LogP contribution in [-0.2, 0) is 25.7 Å². The van der Waals surface area contributed by atoms with Gasteiger partial charge in [-0.05, 0) is 18.9 Å². The highest BCUT2D eigenvalue weighted by atomic mass is 35.5. The molecule has 5 nitrogen and oxygen atoms in total. The Hall–Kier alpha value is -1.83. The van der Waals surface area contributed by atoms with E-state index in [2.05, 4.69) is 10.1 Å². The molecule has 9 heteroatoms. The molecule has 2 aromatic rings. The van der Waals surface area contributed by atoms with Crippen molar-refractivity contribution in [3.8, 4) is 0 Å². The van der Waals surface area contributed by atoms with Crippen LogP contribution in [0.5, 0.6) is 0 Å². The molecule has 0 fully saturated rings. The van der Waals surface area contributed by atoms with Crippen molar-refractivity contribution >= 4 is 11.6 Å². The number of aromatic nitrogens is 4. The van der Waals surface area contributed by atoms with E-state index in [0.717, 1.165) is 29.8 Å². The quantitative estimate of drug-likeness (QED) is 0.849. The molecule has 0 radical (unpaired) electrons. The van der Waals surface area contributed by atoms with Crippen LogP contribution in [0, 0.1) is 0 Å². The summed E-state index contributed by atoms with van der Waals surface area (Å²) in [5.74, 6) is 0.652. The average Bonchev–Trinajstić information content (AvgIpc) is 2.77. The Labute approximate surface area is 128 Å². The van der Waals surface area contributed by atoms with Crippen molar-refractivity contribution < 1.29 is 13.2 Å². The highest BCUT2D eigenvalue weighted by Gasteiger charge is 2.34. The lowest BCUT2D eigenvalue weighted by Gasteiger charge is -2.11. The van der Waals surface area contributed by atoms with Gasteiger partial charge in [0.2, 0.25) is 0 Å². The molecule has 0 saturated heterocycles. The van der Waals surface area contributed by atoms with Crippen molar-refractivity contribution in [2.24, 2.45) is 0 Å². The number of nitrogens with zero attached hydrogens (tertiary/aromatic N) is 4. The second kappa shape index (κ2) is 5.42. The summed E-state index contributed by atoms with van der Waals surface area (Å²) in [5.41, 5.74) is -1.32. The number of pyridine rings is 1. The minimum Gasteiger partial charge on any atom is -0.279 e. The third kappa shape index (κ3) is 2.63. The molecule has 1 aliphatic heterocycles. The minimum atomic E-state index is -4.56. The maximum Gasteiger partial charge on any atom is 0.417 e. The maximum absolute atomic E-state index is 12.8. The summed E-state index contributed by atoms with van der Waals surface area (Å²) in [6.07, 6.45) is -1.01. The van der Waals surface area contributed by atoms with Crippen LogP contribution in [-0.4, -0.2) is 19.3 Å². The smallest absolute Gasteiger partial charge is 0.279 e. The van der Waals surface area contributed by atoms with Crippen LogP contribution < -0.4 is 5.69 Å². The number of halogens is 4. The van der Waals surface area contributed by atoms with E-state index >= 15 is 0 Å². The molecule has 0 N–H and O–H groups in total.